The number of ether oxygens (including phenoxy) is 1. The van der Waals surface area contributed by atoms with Gasteiger partial charge in [0.25, 0.3) is 0 Å². The van der Waals surface area contributed by atoms with E-state index in [2.05, 4.69) is 48.0 Å². The van der Waals surface area contributed by atoms with Gasteiger partial charge in [0, 0.05) is 11.3 Å². The summed E-state index contributed by atoms with van der Waals surface area (Å²) < 4.78 is 5.94. The highest BCUT2D eigenvalue weighted by molar-refractivity contribution is 7.99. The molecule has 1 N–H and O–H groups in total. The monoisotopic (exact) mass is 359 g/mol. The highest BCUT2D eigenvalue weighted by atomic mass is 32.2. The Labute approximate surface area is 151 Å². The third kappa shape index (κ3) is 4.08. The number of rotatable bonds is 6. The van der Waals surface area contributed by atoms with Crippen molar-refractivity contribution in [3.8, 4) is 16.9 Å². The number of hydrogen-bond acceptors (Lipinski definition) is 4. The summed E-state index contributed by atoms with van der Waals surface area (Å²) in [6.07, 6.45) is 4.88. The molecule has 0 saturated heterocycles. The maximum atomic E-state index is 11.6. The fraction of sp³-hybridized carbons (Fsp3) is 0.316. The number of nitrogens with one attached hydrogen (secondary N) is 1. The number of amides is 1. The molecule has 0 bridgehead atoms. The van der Waals surface area contributed by atoms with Gasteiger partial charge >= 0.3 is 0 Å². The van der Waals surface area contributed by atoms with Crippen LogP contribution in [0.1, 0.15) is 5.56 Å². The second-order valence-corrected chi connectivity index (χ2v) is 7.48. The summed E-state index contributed by atoms with van der Waals surface area (Å²) in [5.41, 5.74) is 3.63. The molecule has 1 amide bonds. The van der Waals surface area contributed by atoms with E-state index < -0.39 is 0 Å². The van der Waals surface area contributed by atoms with Crippen LogP contribution in [0.25, 0.3) is 11.1 Å². The van der Waals surface area contributed by atoms with Crippen molar-refractivity contribution in [2.45, 2.75) is 17.4 Å². The molecule has 0 unspecified atom stereocenters. The summed E-state index contributed by atoms with van der Waals surface area (Å²) in [7, 11) is 0. The Kier molecular flexibility index (Phi) is 5.74. The van der Waals surface area contributed by atoms with Crippen LogP contribution >= 0.6 is 23.5 Å². The molecule has 1 heterocycles. The van der Waals surface area contributed by atoms with E-state index in [-0.39, 0.29) is 12.0 Å². The van der Waals surface area contributed by atoms with Gasteiger partial charge in [0.05, 0.1) is 12.3 Å². The molecule has 0 saturated carbocycles. The molecule has 126 valence electrons. The van der Waals surface area contributed by atoms with E-state index in [0.29, 0.717) is 12.3 Å². The lowest BCUT2D eigenvalue weighted by Gasteiger charge is -2.11. The van der Waals surface area contributed by atoms with E-state index in [1.165, 1.54) is 33.3 Å². The largest absolute Gasteiger partial charge is 0.488 e. The Morgan fingerprint density at radius 1 is 1.17 bits per heavy atom. The first kappa shape index (κ1) is 17.2. The Morgan fingerprint density at radius 2 is 1.92 bits per heavy atom. The Bertz CT molecular complexity index is 716. The number of fused-ring (bicyclic) bond motifs is 1. The van der Waals surface area contributed by atoms with Crippen LogP contribution in [0.3, 0.4) is 0 Å². The number of hydrogen-bond donors (Lipinski definition) is 1. The van der Waals surface area contributed by atoms with E-state index in [0.717, 1.165) is 12.2 Å². The zero-order valence-corrected chi connectivity index (χ0v) is 15.5. The zero-order valence-electron chi connectivity index (χ0n) is 13.9. The van der Waals surface area contributed by atoms with Crippen molar-refractivity contribution in [1.29, 1.82) is 0 Å². The molecule has 2 aromatic carbocycles. The summed E-state index contributed by atoms with van der Waals surface area (Å²) >= 11 is 3.28. The fourth-order valence-corrected chi connectivity index (χ4v) is 3.58. The van der Waals surface area contributed by atoms with Gasteiger partial charge < -0.3 is 10.1 Å². The average molecular weight is 360 g/mol. The summed E-state index contributed by atoms with van der Waals surface area (Å²) in [6.45, 7) is 0.561. The minimum atomic E-state index is 0.0277. The second-order valence-electron chi connectivity index (χ2n) is 5.73. The van der Waals surface area contributed by atoms with Gasteiger partial charge in [-0.15, -0.1) is 11.8 Å². The smallest absolute Gasteiger partial charge is 0.230 e. The van der Waals surface area contributed by atoms with Crippen molar-refractivity contribution in [2.24, 2.45) is 0 Å². The third-order valence-electron chi connectivity index (χ3n) is 4.03. The van der Waals surface area contributed by atoms with E-state index in [1.807, 2.05) is 12.3 Å². The molecular weight excluding hydrogens is 338 g/mol. The lowest BCUT2D eigenvalue weighted by atomic mass is 10.0. The Hall–Kier alpha value is -1.59. The molecule has 0 radical (unpaired) electrons. The van der Waals surface area contributed by atoms with Crippen molar-refractivity contribution in [3.05, 3.63) is 48.0 Å². The summed E-state index contributed by atoms with van der Waals surface area (Å²) in [4.78, 5) is 12.8. The normalized spacial score (nSPS) is 15.7. The minimum absolute atomic E-state index is 0.0277. The summed E-state index contributed by atoms with van der Waals surface area (Å²) in [5, 5.41) is 2.93. The highest BCUT2D eigenvalue weighted by Crippen LogP contribution is 2.33. The van der Waals surface area contributed by atoms with Crippen LogP contribution in [0.5, 0.6) is 5.75 Å². The fourth-order valence-electron chi connectivity index (χ4n) is 2.81. The van der Waals surface area contributed by atoms with Crippen LogP contribution in [-0.4, -0.2) is 36.8 Å². The average Bonchev–Trinajstić information content (AvgIpc) is 3.02. The molecule has 0 aromatic heterocycles. The van der Waals surface area contributed by atoms with Gasteiger partial charge in [-0.3, -0.25) is 4.79 Å². The molecule has 2 aromatic rings. The number of carbonyl (C=O) groups excluding carboxylic acids is 1. The van der Waals surface area contributed by atoms with Crippen molar-refractivity contribution < 1.29 is 9.53 Å². The van der Waals surface area contributed by atoms with Gasteiger partial charge in [-0.1, -0.05) is 18.2 Å². The van der Waals surface area contributed by atoms with Crippen molar-refractivity contribution in [1.82, 2.24) is 5.32 Å². The standard InChI is InChI=1S/C19H21NO2S2/c1-23-12-19(21)20-11-16-10-15-9-14(5-8-18(15)22-16)13-3-6-17(24-2)7-4-13/h3-9,16H,10-12H2,1-2H3,(H,20,21)/t16-/m1/s1. The van der Waals surface area contributed by atoms with Crippen molar-refractivity contribution >= 4 is 29.4 Å². The lowest BCUT2D eigenvalue weighted by molar-refractivity contribution is -0.118. The molecule has 1 atom stereocenters. The van der Waals surface area contributed by atoms with E-state index >= 15 is 0 Å². The van der Waals surface area contributed by atoms with Crippen LogP contribution in [0.15, 0.2) is 47.4 Å². The lowest BCUT2D eigenvalue weighted by Crippen LogP contribution is -2.35. The molecule has 0 aliphatic carbocycles. The van der Waals surface area contributed by atoms with Crippen molar-refractivity contribution in [2.75, 3.05) is 24.8 Å². The van der Waals surface area contributed by atoms with Gasteiger partial charge in [-0.05, 0) is 53.5 Å². The van der Waals surface area contributed by atoms with Gasteiger partial charge in [0.2, 0.25) is 5.91 Å². The number of thioether (sulfide) groups is 2. The molecule has 3 nitrogen and oxygen atoms in total. The van der Waals surface area contributed by atoms with Crippen LogP contribution in [0, 0.1) is 0 Å². The summed E-state index contributed by atoms with van der Waals surface area (Å²) in [6, 6.07) is 14.9. The topological polar surface area (TPSA) is 38.3 Å². The number of benzene rings is 2. The van der Waals surface area contributed by atoms with Crippen molar-refractivity contribution in [3.63, 3.8) is 0 Å². The van der Waals surface area contributed by atoms with Gasteiger partial charge in [-0.2, -0.15) is 11.8 Å². The molecule has 5 heteroatoms. The zero-order chi connectivity index (χ0) is 16.9. The predicted octanol–water partition coefficient (Wildman–Crippen LogP) is 3.86. The predicted molar refractivity (Wildman–Crippen MR) is 103 cm³/mol. The van der Waals surface area contributed by atoms with Crippen LogP contribution in [0.4, 0.5) is 0 Å². The third-order valence-corrected chi connectivity index (χ3v) is 5.32. The van der Waals surface area contributed by atoms with Crippen LogP contribution in [0.2, 0.25) is 0 Å². The number of carbonyl (C=O) groups is 1. The quantitative estimate of drug-likeness (QED) is 0.795. The first-order valence-corrected chi connectivity index (χ1v) is 10.5. The maximum absolute atomic E-state index is 11.6. The minimum Gasteiger partial charge on any atom is -0.488 e. The molecular formula is C19H21NO2S2. The van der Waals surface area contributed by atoms with Gasteiger partial charge in [0.1, 0.15) is 11.9 Å². The molecule has 0 fully saturated rings. The first-order chi connectivity index (χ1) is 11.7. The molecule has 1 aliphatic rings. The van der Waals surface area contributed by atoms with E-state index in [9.17, 15) is 4.79 Å². The van der Waals surface area contributed by atoms with E-state index in [1.54, 1.807) is 11.8 Å². The maximum Gasteiger partial charge on any atom is 0.230 e. The molecule has 24 heavy (non-hydrogen) atoms. The van der Waals surface area contributed by atoms with Crippen LogP contribution < -0.4 is 10.1 Å². The van der Waals surface area contributed by atoms with Crippen LogP contribution in [-0.2, 0) is 11.2 Å². The van der Waals surface area contributed by atoms with Gasteiger partial charge in [0.15, 0.2) is 0 Å². The highest BCUT2D eigenvalue weighted by Gasteiger charge is 2.23. The first-order valence-electron chi connectivity index (χ1n) is 7.89. The molecule has 0 spiro atoms. The second kappa shape index (κ2) is 7.99. The molecule has 3 rings (SSSR count). The molecule has 1 aliphatic heterocycles. The Morgan fingerprint density at radius 3 is 2.62 bits per heavy atom. The SMILES string of the molecule is CSCC(=O)NC[C@H]1Cc2cc(-c3ccc(SC)cc3)ccc2O1. The summed E-state index contributed by atoms with van der Waals surface area (Å²) in [5.74, 6) is 1.50. The van der Waals surface area contributed by atoms with Gasteiger partial charge in [-0.25, -0.2) is 0 Å². The Balaban J connectivity index is 1.66. The van der Waals surface area contributed by atoms with E-state index in [4.69, 9.17) is 4.74 Å².